The van der Waals surface area contributed by atoms with Crippen LogP contribution in [0.2, 0.25) is 0 Å². The molecule has 20 heavy (non-hydrogen) atoms. The normalized spacial score (nSPS) is 12.4. The molecule has 1 aromatic rings. The van der Waals surface area contributed by atoms with E-state index in [2.05, 4.69) is 21.2 Å². The number of aryl methyl sites for hydroxylation is 1. The Hall–Kier alpha value is -1.30. The van der Waals surface area contributed by atoms with Crippen LogP contribution < -0.4 is 5.32 Å². The summed E-state index contributed by atoms with van der Waals surface area (Å²) in [7, 11) is 0. The third kappa shape index (κ3) is 4.67. The quantitative estimate of drug-likeness (QED) is 0.798. The summed E-state index contributed by atoms with van der Waals surface area (Å²) in [5.74, 6) is -1.08. The third-order valence-electron chi connectivity index (χ3n) is 3.08. The first-order valence-corrected chi connectivity index (χ1v) is 7.52. The lowest BCUT2D eigenvalue weighted by molar-refractivity contribution is -0.137. The molecule has 0 bridgehead atoms. The minimum Gasteiger partial charge on any atom is -0.481 e. The van der Waals surface area contributed by atoms with Crippen LogP contribution in [0.1, 0.15) is 44.1 Å². The molecule has 1 rings (SSSR count). The Bertz CT molecular complexity index is 483. The summed E-state index contributed by atoms with van der Waals surface area (Å²) in [6.45, 7) is 6.58. The molecule has 1 amide bonds. The van der Waals surface area contributed by atoms with Gasteiger partial charge in [-0.15, -0.1) is 0 Å². The molecule has 0 aliphatic heterocycles. The SMILES string of the molecule is CCCn1cc(Br)cc1C(=O)NC(CC(=O)O)C(C)C. The Kier molecular flexibility index (Phi) is 6.26. The number of nitrogens with one attached hydrogen (secondary N) is 1. The number of carboxylic acids is 1. The Balaban J connectivity index is 2.85. The van der Waals surface area contributed by atoms with E-state index in [4.69, 9.17) is 5.11 Å². The molecule has 0 spiro atoms. The zero-order valence-corrected chi connectivity index (χ0v) is 13.6. The molecule has 1 aromatic heterocycles. The number of amides is 1. The molecule has 1 atom stereocenters. The first-order valence-electron chi connectivity index (χ1n) is 6.73. The van der Waals surface area contributed by atoms with Gasteiger partial charge in [0.25, 0.3) is 5.91 Å². The average molecular weight is 345 g/mol. The monoisotopic (exact) mass is 344 g/mol. The fourth-order valence-corrected chi connectivity index (χ4v) is 2.44. The van der Waals surface area contributed by atoms with Crippen LogP contribution >= 0.6 is 15.9 Å². The molecule has 0 aromatic carbocycles. The zero-order chi connectivity index (χ0) is 15.3. The largest absolute Gasteiger partial charge is 0.481 e. The van der Waals surface area contributed by atoms with Crippen LogP contribution in [0.4, 0.5) is 0 Å². The number of rotatable bonds is 7. The molecular formula is C14H21BrN2O3. The predicted octanol–water partition coefficient (Wildman–Crippen LogP) is 2.89. The van der Waals surface area contributed by atoms with Crippen LogP contribution in [0.25, 0.3) is 0 Å². The maximum atomic E-state index is 12.3. The summed E-state index contributed by atoms with van der Waals surface area (Å²) < 4.78 is 2.72. The van der Waals surface area contributed by atoms with Crippen LogP contribution in [0.15, 0.2) is 16.7 Å². The van der Waals surface area contributed by atoms with E-state index >= 15 is 0 Å². The molecule has 1 unspecified atom stereocenters. The number of halogens is 1. The van der Waals surface area contributed by atoms with Gasteiger partial charge in [0.15, 0.2) is 0 Å². The van der Waals surface area contributed by atoms with E-state index in [1.165, 1.54) is 0 Å². The Morgan fingerprint density at radius 3 is 2.60 bits per heavy atom. The molecule has 0 aliphatic rings. The van der Waals surface area contributed by atoms with Crippen molar-refractivity contribution in [3.05, 3.63) is 22.4 Å². The highest BCUT2D eigenvalue weighted by Crippen LogP contribution is 2.16. The number of carbonyl (C=O) groups is 2. The summed E-state index contributed by atoms with van der Waals surface area (Å²) >= 11 is 3.36. The van der Waals surface area contributed by atoms with Crippen molar-refractivity contribution in [2.45, 2.75) is 46.2 Å². The standard InChI is InChI=1S/C14H21BrN2O3/c1-4-5-17-8-10(15)6-12(17)14(20)16-11(9(2)3)7-13(18)19/h6,8-9,11H,4-5,7H2,1-3H3,(H,16,20)(H,18,19). The van der Waals surface area contributed by atoms with Crippen LogP contribution in [0.5, 0.6) is 0 Å². The summed E-state index contributed by atoms with van der Waals surface area (Å²) in [6, 6.07) is 1.38. The average Bonchev–Trinajstić information content (AvgIpc) is 2.69. The van der Waals surface area contributed by atoms with Crippen LogP contribution in [0.3, 0.4) is 0 Å². The van der Waals surface area contributed by atoms with Crippen molar-refractivity contribution < 1.29 is 14.7 Å². The molecule has 0 aliphatic carbocycles. The number of carbonyl (C=O) groups excluding carboxylic acids is 1. The van der Waals surface area contributed by atoms with Crippen molar-refractivity contribution in [2.75, 3.05) is 0 Å². The van der Waals surface area contributed by atoms with Gasteiger partial charge in [0.2, 0.25) is 0 Å². The van der Waals surface area contributed by atoms with Crippen molar-refractivity contribution in [3.8, 4) is 0 Å². The lowest BCUT2D eigenvalue weighted by Crippen LogP contribution is -2.40. The maximum absolute atomic E-state index is 12.3. The zero-order valence-electron chi connectivity index (χ0n) is 12.0. The summed E-state index contributed by atoms with van der Waals surface area (Å²) in [5, 5.41) is 11.7. The van der Waals surface area contributed by atoms with Crippen molar-refractivity contribution in [2.24, 2.45) is 5.92 Å². The molecule has 2 N–H and O–H groups in total. The number of hydrogen-bond acceptors (Lipinski definition) is 2. The van der Waals surface area contributed by atoms with E-state index in [1.807, 2.05) is 31.5 Å². The van der Waals surface area contributed by atoms with Crippen LogP contribution in [0, 0.1) is 5.92 Å². The van der Waals surface area contributed by atoms with Crippen LogP contribution in [-0.4, -0.2) is 27.6 Å². The molecule has 0 fully saturated rings. The maximum Gasteiger partial charge on any atom is 0.305 e. The van der Waals surface area contributed by atoms with E-state index in [1.54, 1.807) is 6.07 Å². The summed E-state index contributed by atoms with van der Waals surface area (Å²) in [4.78, 5) is 23.1. The fraction of sp³-hybridized carbons (Fsp3) is 0.571. The topological polar surface area (TPSA) is 71.3 Å². The minimum absolute atomic E-state index is 0.0630. The predicted molar refractivity (Wildman–Crippen MR) is 80.8 cm³/mol. The molecule has 0 radical (unpaired) electrons. The first-order chi connectivity index (χ1) is 9.35. The number of carboxylic acid groups (broad SMARTS) is 1. The first kappa shape index (κ1) is 16.8. The summed E-state index contributed by atoms with van der Waals surface area (Å²) in [5.41, 5.74) is 0.551. The van der Waals surface area contributed by atoms with Gasteiger partial charge in [-0.05, 0) is 34.3 Å². The van der Waals surface area contributed by atoms with Gasteiger partial charge in [-0.1, -0.05) is 20.8 Å². The molecular weight excluding hydrogens is 324 g/mol. The van der Waals surface area contributed by atoms with Crippen LogP contribution in [-0.2, 0) is 11.3 Å². The highest BCUT2D eigenvalue weighted by atomic mass is 79.9. The Labute approximate surface area is 127 Å². The second-order valence-electron chi connectivity index (χ2n) is 5.16. The number of hydrogen-bond donors (Lipinski definition) is 2. The number of aromatic nitrogens is 1. The minimum atomic E-state index is -0.908. The van der Waals surface area contributed by atoms with Gasteiger partial charge in [-0.2, -0.15) is 0 Å². The molecule has 6 heteroatoms. The highest BCUT2D eigenvalue weighted by molar-refractivity contribution is 9.10. The number of nitrogens with zero attached hydrogens (tertiary/aromatic N) is 1. The van der Waals surface area contributed by atoms with Gasteiger partial charge in [-0.3, -0.25) is 9.59 Å². The van der Waals surface area contributed by atoms with Gasteiger partial charge < -0.3 is 15.0 Å². The smallest absolute Gasteiger partial charge is 0.305 e. The second kappa shape index (κ2) is 7.47. The van der Waals surface area contributed by atoms with Crippen molar-refractivity contribution >= 4 is 27.8 Å². The fourth-order valence-electron chi connectivity index (χ4n) is 1.97. The van der Waals surface area contributed by atoms with Gasteiger partial charge in [0.1, 0.15) is 5.69 Å². The van der Waals surface area contributed by atoms with Gasteiger partial charge in [-0.25, -0.2) is 0 Å². The Morgan fingerprint density at radius 2 is 2.10 bits per heavy atom. The van der Waals surface area contributed by atoms with E-state index in [9.17, 15) is 9.59 Å². The van der Waals surface area contributed by atoms with Gasteiger partial charge >= 0.3 is 5.97 Å². The molecule has 1 heterocycles. The molecule has 5 nitrogen and oxygen atoms in total. The highest BCUT2D eigenvalue weighted by Gasteiger charge is 2.22. The lowest BCUT2D eigenvalue weighted by atomic mass is 10.0. The van der Waals surface area contributed by atoms with Crippen molar-refractivity contribution in [1.29, 1.82) is 0 Å². The second-order valence-corrected chi connectivity index (χ2v) is 6.07. The third-order valence-corrected chi connectivity index (χ3v) is 3.51. The molecule has 112 valence electrons. The lowest BCUT2D eigenvalue weighted by Gasteiger charge is -2.21. The van der Waals surface area contributed by atoms with E-state index < -0.39 is 5.97 Å². The van der Waals surface area contributed by atoms with E-state index in [-0.39, 0.29) is 24.3 Å². The van der Waals surface area contributed by atoms with Gasteiger partial charge in [0.05, 0.1) is 6.42 Å². The summed E-state index contributed by atoms with van der Waals surface area (Å²) in [6.07, 6.45) is 2.71. The van der Waals surface area contributed by atoms with E-state index in [0.717, 1.165) is 17.4 Å². The number of aliphatic carboxylic acids is 1. The molecule has 0 saturated heterocycles. The van der Waals surface area contributed by atoms with E-state index in [0.29, 0.717) is 5.69 Å². The molecule has 0 saturated carbocycles. The van der Waals surface area contributed by atoms with Crippen molar-refractivity contribution in [3.63, 3.8) is 0 Å². The van der Waals surface area contributed by atoms with Crippen molar-refractivity contribution in [1.82, 2.24) is 9.88 Å². The Morgan fingerprint density at radius 1 is 1.45 bits per heavy atom. The van der Waals surface area contributed by atoms with Gasteiger partial charge in [0, 0.05) is 23.3 Å².